The molecule has 2 N–H and O–H groups in total. The lowest BCUT2D eigenvalue weighted by Gasteiger charge is -2.11. The number of benzene rings is 2. The molecular weight excluding hydrogens is 264 g/mol. The summed E-state index contributed by atoms with van der Waals surface area (Å²) in [5, 5.41) is 9.13. The summed E-state index contributed by atoms with van der Waals surface area (Å²) in [6.45, 7) is 0. The second-order valence-corrected chi connectivity index (χ2v) is 4.18. The van der Waals surface area contributed by atoms with Crippen molar-refractivity contribution in [3.63, 3.8) is 0 Å². The number of nitrogen functional groups attached to an aromatic ring is 1. The number of ether oxygens (including phenoxy) is 2. The lowest BCUT2D eigenvalue weighted by atomic mass is 10.2. The highest BCUT2D eigenvalue weighted by Gasteiger charge is 2.09. The minimum Gasteiger partial charge on any atom is -0.493 e. The van der Waals surface area contributed by atoms with Gasteiger partial charge in [0.25, 0.3) is 0 Å². The van der Waals surface area contributed by atoms with Gasteiger partial charge in [-0.15, -0.1) is 0 Å². The molecule has 19 heavy (non-hydrogen) atoms. The summed E-state index contributed by atoms with van der Waals surface area (Å²) >= 11 is 6.04. The van der Waals surface area contributed by atoms with Crippen LogP contribution in [0.5, 0.6) is 17.2 Å². The van der Waals surface area contributed by atoms with E-state index in [0.717, 1.165) is 0 Å². The number of nitrogens with two attached hydrogens (primary N) is 1. The topological polar surface area (TPSA) is 68.3 Å². The highest BCUT2D eigenvalue weighted by atomic mass is 35.5. The molecule has 0 saturated heterocycles. The van der Waals surface area contributed by atoms with E-state index in [1.165, 1.54) is 7.11 Å². The number of anilines is 1. The van der Waals surface area contributed by atoms with Crippen molar-refractivity contribution >= 4 is 17.3 Å². The van der Waals surface area contributed by atoms with Gasteiger partial charge in [-0.1, -0.05) is 11.6 Å². The van der Waals surface area contributed by atoms with E-state index in [4.69, 9.17) is 32.1 Å². The zero-order chi connectivity index (χ0) is 13.8. The average Bonchev–Trinajstić information content (AvgIpc) is 2.42. The Hall–Kier alpha value is -2.38. The van der Waals surface area contributed by atoms with Gasteiger partial charge in [-0.2, -0.15) is 5.26 Å². The maximum Gasteiger partial charge on any atom is 0.169 e. The van der Waals surface area contributed by atoms with Crippen molar-refractivity contribution in [1.29, 1.82) is 5.26 Å². The highest BCUT2D eigenvalue weighted by Crippen LogP contribution is 2.36. The van der Waals surface area contributed by atoms with Gasteiger partial charge in [-0.05, 0) is 30.3 Å². The van der Waals surface area contributed by atoms with Gasteiger partial charge in [0.05, 0.1) is 23.8 Å². The van der Waals surface area contributed by atoms with Crippen molar-refractivity contribution in [2.75, 3.05) is 12.8 Å². The van der Waals surface area contributed by atoms with Crippen LogP contribution in [0.15, 0.2) is 36.4 Å². The first-order valence-corrected chi connectivity index (χ1v) is 5.83. The van der Waals surface area contributed by atoms with Crippen LogP contribution in [0.3, 0.4) is 0 Å². The van der Waals surface area contributed by atoms with Crippen molar-refractivity contribution in [3.05, 3.63) is 47.0 Å². The molecule has 0 unspecified atom stereocenters. The fraction of sp³-hybridized carbons (Fsp3) is 0.0714. The van der Waals surface area contributed by atoms with Crippen LogP contribution in [0.2, 0.25) is 5.02 Å². The molecule has 0 amide bonds. The molecule has 4 nitrogen and oxygen atoms in total. The molecule has 96 valence electrons. The fourth-order valence-corrected chi connectivity index (χ4v) is 1.76. The average molecular weight is 275 g/mol. The van der Waals surface area contributed by atoms with E-state index in [1.807, 2.05) is 6.07 Å². The van der Waals surface area contributed by atoms with Gasteiger partial charge in [0.1, 0.15) is 5.75 Å². The van der Waals surface area contributed by atoms with Crippen molar-refractivity contribution in [2.45, 2.75) is 0 Å². The van der Waals surface area contributed by atoms with Gasteiger partial charge in [0.15, 0.2) is 11.5 Å². The minimum atomic E-state index is 0.359. The van der Waals surface area contributed by atoms with Crippen molar-refractivity contribution in [2.24, 2.45) is 0 Å². The number of rotatable bonds is 3. The van der Waals surface area contributed by atoms with Crippen LogP contribution in [0, 0.1) is 11.3 Å². The van der Waals surface area contributed by atoms with Crippen LogP contribution in [0.1, 0.15) is 5.56 Å². The summed E-state index contributed by atoms with van der Waals surface area (Å²) in [6, 6.07) is 11.9. The smallest absolute Gasteiger partial charge is 0.169 e. The first-order valence-electron chi connectivity index (χ1n) is 5.45. The van der Waals surface area contributed by atoms with E-state index in [1.54, 1.807) is 36.4 Å². The summed E-state index contributed by atoms with van der Waals surface area (Å²) in [5.74, 6) is 1.47. The minimum absolute atomic E-state index is 0.359. The van der Waals surface area contributed by atoms with Gasteiger partial charge in [-0.25, -0.2) is 0 Å². The number of nitriles is 1. The van der Waals surface area contributed by atoms with Crippen molar-refractivity contribution < 1.29 is 9.47 Å². The third-order valence-electron chi connectivity index (χ3n) is 2.47. The Morgan fingerprint density at radius 3 is 2.47 bits per heavy atom. The summed E-state index contributed by atoms with van der Waals surface area (Å²) in [5.41, 5.74) is 6.72. The Balaban J connectivity index is 2.34. The van der Waals surface area contributed by atoms with Gasteiger partial charge >= 0.3 is 0 Å². The predicted octanol–water partition coefficient (Wildman–Crippen LogP) is 3.59. The van der Waals surface area contributed by atoms with Gasteiger partial charge in [0, 0.05) is 11.8 Å². The molecule has 2 rings (SSSR count). The van der Waals surface area contributed by atoms with Crippen LogP contribution in [-0.2, 0) is 0 Å². The summed E-state index contributed by atoms with van der Waals surface area (Å²) in [4.78, 5) is 0. The molecule has 0 radical (unpaired) electrons. The van der Waals surface area contributed by atoms with Crippen LogP contribution in [0.4, 0.5) is 5.69 Å². The molecule has 0 aromatic heterocycles. The molecule has 2 aromatic rings. The lowest BCUT2D eigenvalue weighted by molar-refractivity contribution is 0.379. The summed E-state index contributed by atoms with van der Waals surface area (Å²) in [7, 11) is 1.53. The number of hydrogen-bond acceptors (Lipinski definition) is 4. The Labute approximate surface area is 115 Å². The third-order valence-corrected chi connectivity index (χ3v) is 2.76. The fourth-order valence-electron chi connectivity index (χ4n) is 1.54. The predicted molar refractivity (Wildman–Crippen MR) is 73.6 cm³/mol. The molecule has 0 spiro atoms. The summed E-state index contributed by atoms with van der Waals surface area (Å²) in [6.07, 6.45) is 0. The van der Waals surface area contributed by atoms with Gasteiger partial charge in [0.2, 0.25) is 0 Å². The zero-order valence-corrected chi connectivity index (χ0v) is 10.9. The third kappa shape index (κ3) is 2.90. The van der Waals surface area contributed by atoms with Gasteiger partial charge in [-0.3, -0.25) is 0 Å². The van der Waals surface area contributed by atoms with E-state index >= 15 is 0 Å². The maximum atomic E-state index is 8.77. The first kappa shape index (κ1) is 13.1. The molecule has 0 heterocycles. The molecular formula is C14H11ClN2O2. The van der Waals surface area contributed by atoms with E-state index < -0.39 is 0 Å². The summed E-state index contributed by atoms with van der Waals surface area (Å²) < 4.78 is 10.8. The first-order chi connectivity index (χ1) is 9.13. The molecule has 0 aliphatic carbocycles. The van der Waals surface area contributed by atoms with Crippen LogP contribution >= 0.6 is 11.6 Å². The highest BCUT2D eigenvalue weighted by molar-refractivity contribution is 6.32. The molecule has 0 atom stereocenters. The standard InChI is InChI=1S/C14H11ClN2O2/c1-18-14-7-10(17)3-5-13(14)19-12-4-2-9(8-16)6-11(12)15/h2-7H,17H2,1H3. The van der Waals surface area contributed by atoms with Crippen molar-refractivity contribution in [1.82, 2.24) is 0 Å². The van der Waals surface area contributed by atoms with E-state index in [9.17, 15) is 0 Å². The normalized spacial score (nSPS) is 9.74. The van der Waals surface area contributed by atoms with Crippen LogP contribution < -0.4 is 15.2 Å². The van der Waals surface area contributed by atoms with Crippen LogP contribution in [-0.4, -0.2) is 7.11 Å². The number of nitrogens with zero attached hydrogens (tertiary/aromatic N) is 1. The molecule has 2 aromatic carbocycles. The Bertz CT molecular complexity index is 650. The Morgan fingerprint density at radius 1 is 1.11 bits per heavy atom. The molecule has 0 fully saturated rings. The number of halogens is 1. The molecule has 0 aliphatic heterocycles. The Kier molecular flexibility index (Phi) is 3.79. The SMILES string of the molecule is COc1cc(N)ccc1Oc1ccc(C#N)cc1Cl. The monoisotopic (exact) mass is 274 g/mol. The zero-order valence-electron chi connectivity index (χ0n) is 10.2. The molecule has 5 heteroatoms. The second-order valence-electron chi connectivity index (χ2n) is 3.77. The Morgan fingerprint density at radius 2 is 1.84 bits per heavy atom. The largest absolute Gasteiger partial charge is 0.493 e. The van der Waals surface area contributed by atoms with E-state index in [-0.39, 0.29) is 0 Å². The van der Waals surface area contributed by atoms with E-state index in [2.05, 4.69) is 0 Å². The quantitative estimate of drug-likeness (QED) is 0.869. The molecule has 0 bridgehead atoms. The lowest BCUT2D eigenvalue weighted by Crippen LogP contribution is -1.93. The molecule has 0 saturated carbocycles. The second kappa shape index (κ2) is 5.51. The van der Waals surface area contributed by atoms with Gasteiger partial charge < -0.3 is 15.2 Å². The number of hydrogen-bond donors (Lipinski definition) is 1. The number of methoxy groups -OCH3 is 1. The van der Waals surface area contributed by atoms with E-state index in [0.29, 0.717) is 33.5 Å². The van der Waals surface area contributed by atoms with Crippen LogP contribution in [0.25, 0.3) is 0 Å². The van der Waals surface area contributed by atoms with Crippen molar-refractivity contribution in [3.8, 4) is 23.3 Å². The maximum absolute atomic E-state index is 8.77. The molecule has 0 aliphatic rings.